The number of aromatic nitrogens is 3. The van der Waals surface area contributed by atoms with Gasteiger partial charge in [-0.3, -0.25) is 9.59 Å². The van der Waals surface area contributed by atoms with E-state index in [0.29, 0.717) is 28.8 Å². The highest BCUT2D eigenvalue weighted by atomic mass is 16.2. The van der Waals surface area contributed by atoms with Crippen molar-refractivity contribution in [3.63, 3.8) is 0 Å². The van der Waals surface area contributed by atoms with Gasteiger partial charge in [0.15, 0.2) is 5.65 Å². The molecule has 2 heterocycles. The molecule has 0 saturated heterocycles. The highest BCUT2D eigenvalue weighted by Gasteiger charge is 2.23. The Bertz CT molecular complexity index is 1320. The van der Waals surface area contributed by atoms with Crippen LogP contribution in [0.3, 0.4) is 0 Å². The van der Waals surface area contributed by atoms with Crippen LogP contribution in [0.25, 0.3) is 16.9 Å². The fourth-order valence-corrected chi connectivity index (χ4v) is 3.55. The van der Waals surface area contributed by atoms with Crippen molar-refractivity contribution in [3.8, 4) is 11.3 Å². The molecule has 0 aliphatic heterocycles. The standard InChI is InChI=1S/C25H24N6O2/c1-30(2)24(33)18-8-6-16(7-9-18)21-4-3-5-22-28-25(29-31(21)22)27-20-12-10-17(11-13-20)23(32)26-19-14-15-19/h3-13,19H,14-15H2,1-2H3,(H,26,32)(H,27,29). The van der Waals surface area contributed by atoms with Gasteiger partial charge in [-0.05, 0) is 61.4 Å². The predicted molar refractivity (Wildman–Crippen MR) is 127 cm³/mol. The molecule has 1 saturated carbocycles. The fraction of sp³-hybridized carbons (Fsp3) is 0.200. The summed E-state index contributed by atoms with van der Waals surface area (Å²) in [5.74, 6) is 0.373. The maximum Gasteiger partial charge on any atom is 0.253 e. The third-order valence-corrected chi connectivity index (χ3v) is 5.51. The third kappa shape index (κ3) is 4.41. The van der Waals surface area contributed by atoms with Gasteiger partial charge in [-0.2, -0.15) is 4.98 Å². The zero-order valence-electron chi connectivity index (χ0n) is 18.4. The Balaban J connectivity index is 1.36. The van der Waals surface area contributed by atoms with E-state index in [1.54, 1.807) is 35.6 Å². The fourth-order valence-electron chi connectivity index (χ4n) is 3.55. The van der Waals surface area contributed by atoms with E-state index in [-0.39, 0.29) is 11.8 Å². The topological polar surface area (TPSA) is 91.6 Å². The van der Waals surface area contributed by atoms with Gasteiger partial charge in [-0.1, -0.05) is 18.2 Å². The second kappa shape index (κ2) is 8.38. The maximum atomic E-state index is 12.2. The second-order valence-electron chi connectivity index (χ2n) is 8.34. The minimum Gasteiger partial charge on any atom is -0.349 e. The van der Waals surface area contributed by atoms with E-state index in [0.717, 1.165) is 29.8 Å². The molecule has 0 spiro atoms. The van der Waals surface area contributed by atoms with Crippen LogP contribution >= 0.6 is 0 Å². The summed E-state index contributed by atoms with van der Waals surface area (Å²) in [5, 5.41) is 10.8. The molecule has 0 radical (unpaired) electrons. The van der Waals surface area contributed by atoms with E-state index in [1.165, 1.54) is 0 Å². The smallest absolute Gasteiger partial charge is 0.253 e. The van der Waals surface area contributed by atoms with Gasteiger partial charge in [0, 0.05) is 42.5 Å². The number of carbonyl (C=O) groups excluding carboxylic acids is 2. The lowest BCUT2D eigenvalue weighted by atomic mass is 10.1. The van der Waals surface area contributed by atoms with Crippen LogP contribution in [0.15, 0.2) is 66.7 Å². The summed E-state index contributed by atoms with van der Waals surface area (Å²) in [5.41, 5.74) is 4.55. The minimum atomic E-state index is -0.0437. The summed E-state index contributed by atoms with van der Waals surface area (Å²) in [6.07, 6.45) is 2.12. The zero-order valence-corrected chi connectivity index (χ0v) is 18.4. The third-order valence-electron chi connectivity index (χ3n) is 5.51. The first-order valence-electron chi connectivity index (χ1n) is 10.8. The number of anilines is 2. The summed E-state index contributed by atoms with van der Waals surface area (Å²) in [7, 11) is 3.47. The van der Waals surface area contributed by atoms with Crippen molar-refractivity contribution in [2.45, 2.75) is 18.9 Å². The molecule has 0 atom stereocenters. The van der Waals surface area contributed by atoms with Crippen LogP contribution in [0.1, 0.15) is 33.6 Å². The average Bonchev–Trinajstić information content (AvgIpc) is 3.54. The number of nitrogens with zero attached hydrogens (tertiary/aromatic N) is 4. The molecule has 2 N–H and O–H groups in total. The first-order chi connectivity index (χ1) is 16.0. The SMILES string of the molecule is CN(C)C(=O)c1ccc(-c2cccc3nc(Nc4ccc(C(=O)NC5CC5)cc4)nn23)cc1. The Hall–Kier alpha value is -4.20. The number of hydrogen-bond acceptors (Lipinski definition) is 5. The van der Waals surface area contributed by atoms with Crippen LogP contribution in [0, 0.1) is 0 Å². The molecule has 2 aromatic heterocycles. The number of rotatable bonds is 6. The van der Waals surface area contributed by atoms with E-state index >= 15 is 0 Å². The lowest BCUT2D eigenvalue weighted by Crippen LogP contribution is -2.25. The van der Waals surface area contributed by atoms with Crippen molar-refractivity contribution in [1.82, 2.24) is 24.8 Å². The van der Waals surface area contributed by atoms with Crippen molar-refractivity contribution in [3.05, 3.63) is 77.9 Å². The Morgan fingerprint density at radius 2 is 1.64 bits per heavy atom. The van der Waals surface area contributed by atoms with E-state index in [1.807, 2.05) is 54.6 Å². The molecular formula is C25H24N6O2. The van der Waals surface area contributed by atoms with Crippen LogP contribution in [-0.2, 0) is 0 Å². The van der Waals surface area contributed by atoms with Crippen molar-refractivity contribution in [2.24, 2.45) is 0 Å². The molecule has 1 aliphatic rings. The zero-order chi connectivity index (χ0) is 22.9. The number of hydrogen-bond donors (Lipinski definition) is 2. The van der Waals surface area contributed by atoms with Gasteiger partial charge in [0.1, 0.15) is 0 Å². The van der Waals surface area contributed by atoms with Crippen LogP contribution in [0.2, 0.25) is 0 Å². The number of carbonyl (C=O) groups is 2. The highest BCUT2D eigenvalue weighted by Crippen LogP contribution is 2.23. The number of fused-ring (bicyclic) bond motifs is 1. The Morgan fingerprint density at radius 3 is 2.30 bits per heavy atom. The van der Waals surface area contributed by atoms with Crippen LogP contribution < -0.4 is 10.6 Å². The van der Waals surface area contributed by atoms with E-state index in [4.69, 9.17) is 0 Å². The predicted octanol–water partition coefficient (Wildman–Crippen LogP) is 3.73. The lowest BCUT2D eigenvalue weighted by molar-refractivity contribution is 0.0827. The number of benzene rings is 2. The molecule has 1 fully saturated rings. The molecule has 33 heavy (non-hydrogen) atoms. The average molecular weight is 441 g/mol. The van der Waals surface area contributed by atoms with E-state index in [2.05, 4.69) is 20.7 Å². The molecule has 1 aliphatic carbocycles. The number of pyridine rings is 1. The highest BCUT2D eigenvalue weighted by molar-refractivity contribution is 5.95. The van der Waals surface area contributed by atoms with Crippen molar-refractivity contribution in [2.75, 3.05) is 19.4 Å². The monoisotopic (exact) mass is 440 g/mol. The maximum absolute atomic E-state index is 12.2. The van der Waals surface area contributed by atoms with Crippen LogP contribution in [-0.4, -0.2) is 51.4 Å². The first-order valence-corrected chi connectivity index (χ1v) is 10.8. The minimum absolute atomic E-state index is 0.0389. The molecule has 0 unspecified atom stereocenters. The van der Waals surface area contributed by atoms with Gasteiger partial charge < -0.3 is 15.5 Å². The molecule has 5 rings (SSSR count). The summed E-state index contributed by atoms with van der Waals surface area (Å²) in [6, 6.07) is 20.8. The Kier molecular flexibility index (Phi) is 5.26. The Morgan fingerprint density at radius 1 is 0.939 bits per heavy atom. The summed E-state index contributed by atoms with van der Waals surface area (Å²) in [4.78, 5) is 30.4. The van der Waals surface area contributed by atoms with Gasteiger partial charge in [-0.15, -0.1) is 5.10 Å². The quantitative estimate of drug-likeness (QED) is 0.477. The molecule has 8 heteroatoms. The van der Waals surface area contributed by atoms with Gasteiger partial charge in [0.05, 0.1) is 5.69 Å². The molecule has 2 aromatic carbocycles. The summed E-state index contributed by atoms with van der Waals surface area (Å²) >= 11 is 0. The molecule has 8 nitrogen and oxygen atoms in total. The largest absolute Gasteiger partial charge is 0.349 e. The summed E-state index contributed by atoms with van der Waals surface area (Å²) < 4.78 is 1.77. The van der Waals surface area contributed by atoms with Gasteiger partial charge in [0.25, 0.3) is 11.8 Å². The van der Waals surface area contributed by atoms with E-state index < -0.39 is 0 Å². The lowest BCUT2D eigenvalue weighted by Gasteiger charge is -2.10. The molecular weight excluding hydrogens is 416 g/mol. The van der Waals surface area contributed by atoms with E-state index in [9.17, 15) is 9.59 Å². The van der Waals surface area contributed by atoms with Gasteiger partial charge in [0.2, 0.25) is 5.95 Å². The normalized spacial score (nSPS) is 13.0. The molecule has 166 valence electrons. The van der Waals surface area contributed by atoms with Crippen molar-refractivity contribution >= 4 is 29.1 Å². The number of nitrogens with one attached hydrogen (secondary N) is 2. The van der Waals surface area contributed by atoms with Gasteiger partial charge in [-0.25, -0.2) is 4.52 Å². The summed E-state index contributed by atoms with van der Waals surface area (Å²) in [6.45, 7) is 0. The molecule has 2 amide bonds. The van der Waals surface area contributed by atoms with Crippen LogP contribution in [0.4, 0.5) is 11.6 Å². The molecule has 4 aromatic rings. The van der Waals surface area contributed by atoms with Crippen molar-refractivity contribution in [1.29, 1.82) is 0 Å². The Labute approximate surface area is 191 Å². The van der Waals surface area contributed by atoms with Crippen molar-refractivity contribution < 1.29 is 9.59 Å². The van der Waals surface area contributed by atoms with Gasteiger partial charge >= 0.3 is 0 Å². The number of amides is 2. The second-order valence-corrected chi connectivity index (χ2v) is 8.34. The molecule has 0 bridgehead atoms. The van der Waals surface area contributed by atoms with Crippen LogP contribution in [0.5, 0.6) is 0 Å². The first kappa shape index (κ1) is 20.7.